The zero-order valence-corrected chi connectivity index (χ0v) is 15.8. The molecule has 26 heavy (non-hydrogen) atoms. The zero-order chi connectivity index (χ0) is 19.1. The SMILES string of the molecule is NC(=O)c1c(SCc2ccc(Cl)cc2)nsc1NC(=O)NCC(O)CO. The van der Waals surface area contributed by atoms with Gasteiger partial charge in [-0.25, -0.2) is 4.79 Å². The Morgan fingerprint density at radius 2 is 2.04 bits per heavy atom. The molecular formula is C15H17ClN4O4S2. The number of halogens is 1. The number of thioether (sulfide) groups is 1. The van der Waals surface area contributed by atoms with E-state index in [4.69, 9.17) is 22.4 Å². The fraction of sp³-hybridized carbons (Fsp3) is 0.267. The topological polar surface area (TPSA) is 138 Å². The Hall–Kier alpha value is -1.85. The maximum atomic E-state index is 11.8. The van der Waals surface area contributed by atoms with Crippen molar-refractivity contribution in [3.05, 3.63) is 40.4 Å². The number of benzene rings is 1. The summed E-state index contributed by atoms with van der Waals surface area (Å²) in [6, 6.07) is 6.63. The van der Waals surface area contributed by atoms with Gasteiger partial charge in [0.15, 0.2) is 0 Å². The number of primary amides is 1. The highest BCUT2D eigenvalue weighted by Crippen LogP contribution is 2.33. The molecule has 0 aliphatic carbocycles. The summed E-state index contributed by atoms with van der Waals surface area (Å²) in [5.41, 5.74) is 6.55. The highest BCUT2D eigenvalue weighted by atomic mass is 35.5. The second-order valence-corrected chi connectivity index (χ2v) is 7.32. The number of urea groups is 1. The molecule has 3 amide bonds. The molecule has 8 nitrogen and oxygen atoms in total. The molecule has 0 bridgehead atoms. The Morgan fingerprint density at radius 3 is 2.65 bits per heavy atom. The second-order valence-electron chi connectivity index (χ2n) is 5.14. The summed E-state index contributed by atoms with van der Waals surface area (Å²) in [5.74, 6) is -0.154. The molecule has 1 aromatic carbocycles. The van der Waals surface area contributed by atoms with Crippen LogP contribution in [-0.2, 0) is 5.75 Å². The van der Waals surface area contributed by atoms with E-state index in [0.29, 0.717) is 15.8 Å². The Bertz CT molecular complexity index is 770. The quantitative estimate of drug-likeness (QED) is 0.415. The van der Waals surface area contributed by atoms with Gasteiger partial charge in [-0.05, 0) is 29.2 Å². The molecule has 0 aliphatic heterocycles. The van der Waals surface area contributed by atoms with Gasteiger partial charge in [0.1, 0.15) is 15.6 Å². The fourth-order valence-corrected chi connectivity index (χ4v) is 3.88. The number of hydrogen-bond acceptors (Lipinski definition) is 7. The summed E-state index contributed by atoms with van der Waals surface area (Å²) in [6.07, 6.45) is -1.07. The van der Waals surface area contributed by atoms with Gasteiger partial charge in [-0.3, -0.25) is 10.1 Å². The first kappa shape index (κ1) is 20.5. The van der Waals surface area contributed by atoms with Gasteiger partial charge in [0.05, 0.1) is 12.7 Å². The number of hydrogen-bond donors (Lipinski definition) is 5. The van der Waals surface area contributed by atoms with Crippen molar-refractivity contribution in [3.63, 3.8) is 0 Å². The number of aromatic nitrogens is 1. The first-order valence-corrected chi connectivity index (χ1v) is 9.55. The van der Waals surface area contributed by atoms with E-state index in [2.05, 4.69) is 15.0 Å². The third kappa shape index (κ3) is 5.85. The van der Waals surface area contributed by atoms with Crippen molar-refractivity contribution in [2.75, 3.05) is 18.5 Å². The number of nitrogens with one attached hydrogen (secondary N) is 2. The lowest BCUT2D eigenvalue weighted by Gasteiger charge is -2.09. The van der Waals surface area contributed by atoms with Crippen molar-refractivity contribution in [2.45, 2.75) is 16.9 Å². The number of nitrogens with zero attached hydrogens (tertiary/aromatic N) is 1. The minimum Gasteiger partial charge on any atom is -0.394 e. The van der Waals surface area contributed by atoms with Gasteiger partial charge in [-0.15, -0.1) is 0 Å². The van der Waals surface area contributed by atoms with Crippen LogP contribution in [0.1, 0.15) is 15.9 Å². The van der Waals surface area contributed by atoms with Crippen LogP contribution in [0.4, 0.5) is 9.80 Å². The molecule has 0 radical (unpaired) electrons. The minimum atomic E-state index is -1.07. The van der Waals surface area contributed by atoms with Crippen LogP contribution < -0.4 is 16.4 Å². The summed E-state index contributed by atoms with van der Waals surface area (Å²) in [5, 5.41) is 24.1. The first-order valence-electron chi connectivity index (χ1n) is 7.41. The molecule has 1 heterocycles. The average Bonchev–Trinajstić information content (AvgIpc) is 3.01. The van der Waals surface area contributed by atoms with E-state index in [0.717, 1.165) is 17.1 Å². The number of amides is 3. The number of nitrogens with two attached hydrogens (primary N) is 1. The third-order valence-electron chi connectivity index (χ3n) is 3.13. The molecule has 2 aromatic rings. The van der Waals surface area contributed by atoms with Gasteiger partial charge < -0.3 is 21.3 Å². The lowest BCUT2D eigenvalue weighted by Crippen LogP contribution is -2.36. The van der Waals surface area contributed by atoms with Gasteiger partial charge in [0.25, 0.3) is 5.91 Å². The van der Waals surface area contributed by atoms with E-state index >= 15 is 0 Å². The fourth-order valence-electron chi connectivity index (χ4n) is 1.83. The van der Waals surface area contributed by atoms with Crippen LogP contribution in [0.5, 0.6) is 0 Å². The first-order chi connectivity index (χ1) is 12.4. The smallest absolute Gasteiger partial charge is 0.320 e. The van der Waals surface area contributed by atoms with Crippen LogP contribution in [0.15, 0.2) is 29.3 Å². The van der Waals surface area contributed by atoms with Crippen LogP contribution in [0.25, 0.3) is 0 Å². The van der Waals surface area contributed by atoms with Crippen LogP contribution in [-0.4, -0.2) is 45.8 Å². The predicted molar refractivity (Wildman–Crippen MR) is 102 cm³/mol. The van der Waals surface area contributed by atoms with E-state index in [1.54, 1.807) is 12.1 Å². The summed E-state index contributed by atoms with van der Waals surface area (Å²) in [4.78, 5) is 23.6. The molecule has 1 atom stereocenters. The molecule has 0 spiro atoms. The molecule has 1 unspecified atom stereocenters. The highest BCUT2D eigenvalue weighted by molar-refractivity contribution is 7.98. The van der Waals surface area contributed by atoms with Crippen LogP contribution in [0.3, 0.4) is 0 Å². The second kappa shape index (κ2) is 9.74. The van der Waals surface area contributed by atoms with E-state index in [1.807, 2.05) is 12.1 Å². The van der Waals surface area contributed by atoms with Crippen LogP contribution in [0.2, 0.25) is 5.02 Å². The lowest BCUT2D eigenvalue weighted by atomic mass is 10.2. The van der Waals surface area contributed by atoms with Crippen molar-refractivity contribution in [2.24, 2.45) is 5.73 Å². The Balaban J connectivity index is 2.03. The normalized spacial score (nSPS) is 11.8. The van der Waals surface area contributed by atoms with Gasteiger partial charge in [-0.1, -0.05) is 35.5 Å². The number of aliphatic hydroxyl groups is 2. The Labute approximate surface area is 162 Å². The molecule has 140 valence electrons. The van der Waals surface area contributed by atoms with Gasteiger partial charge in [-0.2, -0.15) is 4.37 Å². The predicted octanol–water partition coefficient (Wildman–Crippen LogP) is 1.66. The molecule has 6 N–H and O–H groups in total. The van der Waals surface area contributed by atoms with Crippen molar-refractivity contribution < 1.29 is 19.8 Å². The Kier molecular flexibility index (Phi) is 7.66. The van der Waals surface area contributed by atoms with E-state index in [-0.39, 0.29) is 17.1 Å². The number of aliphatic hydroxyl groups excluding tert-OH is 2. The molecule has 11 heteroatoms. The maximum Gasteiger partial charge on any atom is 0.320 e. The number of anilines is 1. The molecule has 2 rings (SSSR count). The van der Waals surface area contributed by atoms with Gasteiger partial charge >= 0.3 is 6.03 Å². The van der Waals surface area contributed by atoms with Crippen LogP contribution >= 0.6 is 34.9 Å². The summed E-state index contributed by atoms with van der Waals surface area (Å²) in [6.45, 7) is -0.607. The molecule has 0 saturated heterocycles. The van der Waals surface area contributed by atoms with E-state index in [1.165, 1.54) is 11.8 Å². The summed E-state index contributed by atoms with van der Waals surface area (Å²) in [7, 11) is 0. The number of carbonyl (C=O) groups is 2. The summed E-state index contributed by atoms with van der Waals surface area (Å²) >= 11 is 8.10. The number of carbonyl (C=O) groups excluding carboxylic acids is 2. The monoisotopic (exact) mass is 416 g/mol. The minimum absolute atomic E-state index is 0.131. The van der Waals surface area contributed by atoms with Crippen LogP contribution in [0, 0.1) is 0 Å². The van der Waals surface area contributed by atoms with Crippen molar-refractivity contribution in [3.8, 4) is 0 Å². The van der Waals surface area contributed by atoms with E-state index < -0.39 is 24.6 Å². The van der Waals surface area contributed by atoms with Crippen molar-refractivity contribution in [1.29, 1.82) is 0 Å². The molecule has 1 aromatic heterocycles. The molecule has 0 saturated carbocycles. The van der Waals surface area contributed by atoms with Gasteiger partial charge in [0.2, 0.25) is 0 Å². The van der Waals surface area contributed by atoms with Crippen molar-refractivity contribution in [1.82, 2.24) is 9.69 Å². The standard InChI is InChI=1S/C15H17ClN4O4S2/c16-9-3-1-8(2-4-9)7-25-14-11(12(17)23)13(26-20-14)19-15(24)18-5-10(22)6-21/h1-4,10,21-22H,5-7H2,(H2,17,23)(H2,18,19,24). The highest BCUT2D eigenvalue weighted by Gasteiger charge is 2.21. The molecule has 0 aliphatic rings. The summed E-state index contributed by atoms with van der Waals surface area (Å²) < 4.78 is 4.18. The van der Waals surface area contributed by atoms with Gasteiger partial charge in [0, 0.05) is 17.3 Å². The number of rotatable bonds is 8. The maximum absolute atomic E-state index is 11.8. The van der Waals surface area contributed by atoms with Crippen molar-refractivity contribution >= 4 is 51.8 Å². The largest absolute Gasteiger partial charge is 0.394 e. The average molecular weight is 417 g/mol. The third-order valence-corrected chi connectivity index (χ3v) is 5.31. The molecule has 0 fully saturated rings. The lowest BCUT2D eigenvalue weighted by molar-refractivity contribution is 0.0964. The van der Waals surface area contributed by atoms with E-state index in [9.17, 15) is 14.7 Å². The Morgan fingerprint density at radius 1 is 1.35 bits per heavy atom. The zero-order valence-electron chi connectivity index (χ0n) is 13.4. The molecular weight excluding hydrogens is 400 g/mol.